The Bertz CT molecular complexity index is 667. The summed E-state index contributed by atoms with van der Waals surface area (Å²) >= 11 is 5.83. The highest BCUT2D eigenvalue weighted by atomic mass is 35.5. The van der Waals surface area contributed by atoms with Crippen molar-refractivity contribution < 1.29 is 5.11 Å². The monoisotopic (exact) mass is 357 g/mol. The number of halogens is 1. The number of piperidine rings is 1. The predicted molar refractivity (Wildman–Crippen MR) is 105 cm³/mol. The summed E-state index contributed by atoms with van der Waals surface area (Å²) in [5.41, 5.74) is 2.27. The number of nitrogens with zero attached hydrogens (tertiary/aromatic N) is 1. The molecule has 25 heavy (non-hydrogen) atoms. The fraction of sp³-hybridized carbons (Fsp3) is 0.455. The van der Waals surface area contributed by atoms with E-state index in [0.717, 1.165) is 55.9 Å². The minimum absolute atomic E-state index is 0.226. The summed E-state index contributed by atoms with van der Waals surface area (Å²) in [5.74, 6) is 0.945. The van der Waals surface area contributed by atoms with Crippen molar-refractivity contribution in [3.8, 4) is 0 Å². The Hall–Kier alpha value is -1.35. The van der Waals surface area contributed by atoms with E-state index >= 15 is 0 Å². The van der Waals surface area contributed by atoms with Crippen LogP contribution in [0.15, 0.2) is 54.6 Å². The van der Waals surface area contributed by atoms with Crippen LogP contribution in [0.4, 0.5) is 0 Å². The van der Waals surface area contributed by atoms with Gasteiger partial charge < -0.3 is 10.0 Å². The van der Waals surface area contributed by atoms with Crippen molar-refractivity contribution in [1.29, 1.82) is 0 Å². The molecule has 0 radical (unpaired) electrons. The van der Waals surface area contributed by atoms with E-state index < -0.39 is 5.60 Å². The van der Waals surface area contributed by atoms with Gasteiger partial charge in [-0.05, 0) is 62.9 Å². The molecule has 0 aromatic heterocycles. The maximum Gasteiger partial charge on any atom is 0.117 e. The van der Waals surface area contributed by atoms with E-state index in [1.165, 1.54) is 5.56 Å². The molecule has 134 valence electrons. The Labute approximate surface area is 156 Å². The van der Waals surface area contributed by atoms with Gasteiger partial charge in [0.05, 0.1) is 0 Å². The average Bonchev–Trinajstić information content (AvgIpc) is 2.67. The molecule has 1 aliphatic rings. The molecule has 1 N–H and O–H groups in total. The summed E-state index contributed by atoms with van der Waals surface area (Å²) in [6, 6.07) is 18.5. The van der Waals surface area contributed by atoms with E-state index in [4.69, 9.17) is 11.6 Å². The fourth-order valence-electron chi connectivity index (χ4n) is 4.07. The van der Waals surface area contributed by atoms with E-state index in [-0.39, 0.29) is 5.92 Å². The maximum atomic E-state index is 11.9. The Balaban J connectivity index is 1.88. The second kappa shape index (κ2) is 8.35. The van der Waals surface area contributed by atoms with Gasteiger partial charge in [-0.25, -0.2) is 0 Å². The smallest absolute Gasteiger partial charge is 0.117 e. The maximum absolute atomic E-state index is 11.9. The number of rotatable bonds is 6. The molecular weight excluding hydrogens is 330 g/mol. The topological polar surface area (TPSA) is 23.5 Å². The summed E-state index contributed by atoms with van der Waals surface area (Å²) in [6.07, 6.45) is 3.04. The Morgan fingerprint density at radius 2 is 1.72 bits per heavy atom. The number of hydrogen-bond acceptors (Lipinski definition) is 2. The SMILES string of the molecule is Cc1cccc(C(O)(c2ccccc2)C2CCN(CCCCl)CC2)c1. The van der Waals surface area contributed by atoms with Crippen LogP contribution in [0.2, 0.25) is 0 Å². The van der Waals surface area contributed by atoms with Gasteiger partial charge in [0.2, 0.25) is 0 Å². The number of alkyl halides is 1. The van der Waals surface area contributed by atoms with Gasteiger partial charge in [-0.1, -0.05) is 60.2 Å². The lowest BCUT2D eigenvalue weighted by molar-refractivity contribution is -0.0141. The summed E-state index contributed by atoms with van der Waals surface area (Å²) in [7, 11) is 0. The molecule has 2 nitrogen and oxygen atoms in total. The zero-order chi connectivity index (χ0) is 17.7. The lowest BCUT2D eigenvalue weighted by Gasteiger charge is -2.42. The Morgan fingerprint density at radius 1 is 1.04 bits per heavy atom. The number of benzene rings is 2. The van der Waals surface area contributed by atoms with Gasteiger partial charge in [0.1, 0.15) is 5.60 Å². The number of aliphatic hydroxyl groups is 1. The average molecular weight is 358 g/mol. The number of likely N-dealkylation sites (tertiary alicyclic amines) is 1. The van der Waals surface area contributed by atoms with Crippen LogP contribution in [0.3, 0.4) is 0 Å². The van der Waals surface area contributed by atoms with E-state index in [2.05, 4.69) is 42.2 Å². The summed E-state index contributed by atoms with van der Waals surface area (Å²) < 4.78 is 0. The zero-order valence-corrected chi connectivity index (χ0v) is 15.8. The highest BCUT2D eigenvalue weighted by Crippen LogP contribution is 2.42. The van der Waals surface area contributed by atoms with Crippen LogP contribution < -0.4 is 0 Å². The normalized spacial score (nSPS) is 18.8. The minimum atomic E-state index is -0.925. The lowest BCUT2D eigenvalue weighted by atomic mass is 9.72. The molecule has 3 rings (SSSR count). The first-order valence-corrected chi connectivity index (χ1v) is 9.81. The van der Waals surface area contributed by atoms with Crippen LogP contribution in [0.5, 0.6) is 0 Å². The van der Waals surface area contributed by atoms with Crippen molar-refractivity contribution in [3.05, 3.63) is 71.3 Å². The summed E-state index contributed by atoms with van der Waals surface area (Å²) in [5, 5.41) is 11.9. The van der Waals surface area contributed by atoms with Crippen molar-refractivity contribution in [2.45, 2.75) is 31.8 Å². The molecule has 2 aromatic rings. The molecule has 3 heteroatoms. The summed E-state index contributed by atoms with van der Waals surface area (Å²) in [4.78, 5) is 2.47. The summed E-state index contributed by atoms with van der Waals surface area (Å²) in [6.45, 7) is 5.21. The molecule has 0 saturated carbocycles. The predicted octanol–water partition coefficient (Wildman–Crippen LogP) is 4.57. The van der Waals surface area contributed by atoms with Crippen molar-refractivity contribution in [1.82, 2.24) is 4.90 Å². The van der Waals surface area contributed by atoms with Gasteiger partial charge in [-0.15, -0.1) is 11.6 Å². The molecule has 0 spiro atoms. The van der Waals surface area contributed by atoms with Gasteiger partial charge in [0.25, 0.3) is 0 Å². The van der Waals surface area contributed by atoms with Crippen LogP contribution in [0.1, 0.15) is 36.0 Å². The van der Waals surface area contributed by atoms with Crippen LogP contribution in [0.25, 0.3) is 0 Å². The molecule has 1 fully saturated rings. The third kappa shape index (κ3) is 4.08. The Morgan fingerprint density at radius 3 is 2.36 bits per heavy atom. The first kappa shape index (κ1) is 18.4. The van der Waals surface area contributed by atoms with Crippen molar-refractivity contribution in [3.63, 3.8) is 0 Å². The second-order valence-electron chi connectivity index (χ2n) is 7.16. The second-order valence-corrected chi connectivity index (χ2v) is 7.54. The molecule has 1 unspecified atom stereocenters. The van der Waals surface area contributed by atoms with Crippen molar-refractivity contribution in [2.24, 2.45) is 5.92 Å². The molecule has 1 aliphatic heterocycles. The molecule has 2 aromatic carbocycles. The highest BCUT2D eigenvalue weighted by Gasteiger charge is 2.41. The zero-order valence-electron chi connectivity index (χ0n) is 15.0. The molecule has 0 aliphatic carbocycles. The molecule has 1 atom stereocenters. The lowest BCUT2D eigenvalue weighted by Crippen LogP contribution is -2.44. The van der Waals surface area contributed by atoms with Crippen molar-refractivity contribution >= 4 is 11.6 Å². The minimum Gasteiger partial charge on any atom is -0.380 e. The van der Waals surface area contributed by atoms with Crippen LogP contribution >= 0.6 is 11.6 Å². The van der Waals surface area contributed by atoms with Gasteiger partial charge in [-0.3, -0.25) is 0 Å². The number of aryl methyl sites for hydroxylation is 1. The molecule has 1 saturated heterocycles. The molecule has 1 heterocycles. The molecule has 0 bridgehead atoms. The van der Waals surface area contributed by atoms with Crippen LogP contribution in [0, 0.1) is 12.8 Å². The van der Waals surface area contributed by atoms with E-state index in [1.807, 2.05) is 24.3 Å². The third-order valence-corrected chi connectivity index (χ3v) is 5.73. The third-order valence-electron chi connectivity index (χ3n) is 5.46. The first-order chi connectivity index (χ1) is 12.1. The first-order valence-electron chi connectivity index (χ1n) is 9.28. The van der Waals surface area contributed by atoms with Gasteiger partial charge >= 0.3 is 0 Å². The highest BCUT2D eigenvalue weighted by molar-refractivity contribution is 6.17. The van der Waals surface area contributed by atoms with Gasteiger partial charge in [-0.2, -0.15) is 0 Å². The van der Waals surface area contributed by atoms with E-state index in [1.54, 1.807) is 0 Å². The largest absolute Gasteiger partial charge is 0.380 e. The molecule has 0 amide bonds. The quantitative estimate of drug-likeness (QED) is 0.765. The van der Waals surface area contributed by atoms with E-state index in [9.17, 15) is 5.11 Å². The molecular formula is C22H28ClNO. The fourth-order valence-corrected chi connectivity index (χ4v) is 4.19. The standard InChI is InChI=1S/C22H28ClNO/c1-18-7-5-10-21(17-18)22(25,19-8-3-2-4-9-19)20-11-15-24(16-12-20)14-6-13-23/h2-5,7-10,17,20,25H,6,11-16H2,1H3. The number of hydrogen-bond donors (Lipinski definition) is 1. The van der Waals surface area contributed by atoms with Crippen LogP contribution in [-0.4, -0.2) is 35.5 Å². The Kier molecular flexibility index (Phi) is 6.16. The van der Waals surface area contributed by atoms with Crippen LogP contribution in [-0.2, 0) is 5.60 Å². The van der Waals surface area contributed by atoms with Gasteiger partial charge in [0, 0.05) is 5.88 Å². The van der Waals surface area contributed by atoms with Crippen molar-refractivity contribution in [2.75, 3.05) is 25.5 Å². The van der Waals surface area contributed by atoms with E-state index in [0.29, 0.717) is 0 Å². The van der Waals surface area contributed by atoms with Gasteiger partial charge in [0.15, 0.2) is 0 Å².